The first-order chi connectivity index (χ1) is 14.5. The molecule has 32 heavy (non-hydrogen) atoms. The van der Waals surface area contributed by atoms with Crippen molar-refractivity contribution in [2.75, 3.05) is 33.1 Å². The van der Waals surface area contributed by atoms with Crippen molar-refractivity contribution < 1.29 is 14.2 Å². The van der Waals surface area contributed by atoms with Gasteiger partial charge >= 0.3 is 0 Å². The maximum atomic E-state index is 6.28. The molecule has 9 heteroatoms. The first kappa shape index (κ1) is 34.0. The Kier molecular flexibility index (Phi) is 16.2. The minimum Gasteiger partial charge on any atom is -0.374 e. The molecule has 194 valence electrons. The van der Waals surface area contributed by atoms with Crippen molar-refractivity contribution >= 4 is 67.8 Å². The first-order valence-electron chi connectivity index (χ1n) is 11.4. The number of alkyl halides is 3. The lowest BCUT2D eigenvalue weighted by atomic mass is 9.74. The fourth-order valence-corrected chi connectivity index (χ4v) is 4.19. The van der Waals surface area contributed by atoms with Gasteiger partial charge in [-0.2, -0.15) is 0 Å². The number of rotatable bonds is 18. The van der Waals surface area contributed by atoms with E-state index in [1.165, 1.54) is 0 Å². The Morgan fingerprint density at radius 1 is 0.750 bits per heavy atom. The second-order valence-corrected chi connectivity index (χ2v) is 13.6. The van der Waals surface area contributed by atoms with Crippen molar-refractivity contribution in [2.45, 2.75) is 103 Å². The molecule has 0 radical (unpaired) electrons. The molecule has 0 rings (SSSR count). The number of ether oxygens (including phenoxy) is 3. The highest BCUT2D eigenvalue weighted by molar-refractivity contribution is 14.1. The van der Waals surface area contributed by atoms with Crippen molar-refractivity contribution in [3.63, 3.8) is 0 Å². The van der Waals surface area contributed by atoms with Gasteiger partial charge in [0.1, 0.15) is 5.72 Å². The molecule has 0 aliphatic rings. The zero-order chi connectivity index (χ0) is 25.2. The van der Waals surface area contributed by atoms with Crippen LogP contribution in [-0.4, -0.2) is 68.2 Å². The molecule has 3 unspecified atom stereocenters. The van der Waals surface area contributed by atoms with E-state index in [0.717, 1.165) is 26.1 Å². The molecule has 6 nitrogen and oxygen atoms in total. The fraction of sp³-hybridized carbons (Fsp3) is 1.00. The smallest absolute Gasteiger partial charge is 0.113 e. The molecule has 0 aromatic rings. The van der Waals surface area contributed by atoms with Gasteiger partial charge in [-0.05, 0) is 59.8 Å². The van der Waals surface area contributed by atoms with Crippen molar-refractivity contribution in [1.82, 2.24) is 5.32 Å². The van der Waals surface area contributed by atoms with E-state index in [0.29, 0.717) is 19.8 Å². The van der Waals surface area contributed by atoms with E-state index < -0.39 is 5.72 Å². The number of hydrogen-bond donors (Lipinski definition) is 3. The average Bonchev–Trinajstić information content (AvgIpc) is 2.68. The van der Waals surface area contributed by atoms with Gasteiger partial charge in [0.25, 0.3) is 0 Å². The third-order valence-electron chi connectivity index (χ3n) is 6.04. The van der Waals surface area contributed by atoms with E-state index in [9.17, 15) is 0 Å². The third kappa shape index (κ3) is 13.9. The van der Waals surface area contributed by atoms with Crippen molar-refractivity contribution in [1.29, 1.82) is 0 Å². The van der Waals surface area contributed by atoms with E-state index in [-0.39, 0.29) is 34.7 Å². The predicted octanol–water partition coefficient (Wildman–Crippen LogP) is 5.05. The molecule has 3 atom stereocenters. The molecule has 0 saturated heterocycles. The van der Waals surface area contributed by atoms with E-state index in [1.54, 1.807) is 0 Å². The summed E-state index contributed by atoms with van der Waals surface area (Å²) in [4.78, 5) is 0. The molecule has 0 aliphatic carbocycles. The number of nitrogens with two attached hydrogens (primary N) is 2. The highest BCUT2D eigenvalue weighted by Crippen LogP contribution is 2.37. The topological polar surface area (TPSA) is 91.8 Å². The van der Waals surface area contributed by atoms with E-state index in [2.05, 4.69) is 128 Å². The summed E-state index contributed by atoms with van der Waals surface area (Å²) in [7, 11) is 0. The summed E-state index contributed by atoms with van der Waals surface area (Å²) in [5, 5.41) is 3.62. The molecule has 0 aromatic heterocycles. The Hall–Kier alpha value is 1.95. The fourth-order valence-electron chi connectivity index (χ4n) is 3.15. The minimum absolute atomic E-state index is 0.0543. The lowest BCUT2D eigenvalue weighted by Crippen LogP contribution is -2.52. The molecule has 5 N–H and O–H groups in total. The van der Waals surface area contributed by atoms with Crippen LogP contribution in [0, 0.1) is 5.41 Å². The minimum atomic E-state index is -0.452. The third-order valence-corrected chi connectivity index (χ3v) is 9.37. The van der Waals surface area contributed by atoms with Crippen LogP contribution in [0.3, 0.4) is 0 Å². The molecule has 0 heterocycles. The second kappa shape index (κ2) is 15.3. The molecule has 0 saturated carbocycles. The lowest BCUT2D eigenvalue weighted by molar-refractivity contribution is -0.124. The summed E-state index contributed by atoms with van der Waals surface area (Å²) in [6, 6.07) is 0.424. The molecule has 0 spiro atoms. The molecule has 0 bridgehead atoms. The first-order valence-corrected chi connectivity index (χ1v) is 16.0. The highest BCUT2D eigenvalue weighted by Gasteiger charge is 2.38. The quantitative estimate of drug-likeness (QED) is 0.102. The van der Waals surface area contributed by atoms with Crippen LogP contribution in [0.2, 0.25) is 0 Å². The number of nitrogens with one attached hydrogen (secondary N) is 1. The maximum absolute atomic E-state index is 6.28. The Morgan fingerprint density at radius 2 is 1.31 bits per heavy atom. The molecular formula is C23H48I3N3O3. The van der Waals surface area contributed by atoms with Crippen LogP contribution in [0.25, 0.3) is 0 Å². The van der Waals surface area contributed by atoms with Gasteiger partial charge in [-0.15, -0.1) is 0 Å². The van der Waals surface area contributed by atoms with Gasteiger partial charge in [0.2, 0.25) is 0 Å². The summed E-state index contributed by atoms with van der Waals surface area (Å²) in [5.41, 5.74) is 11.1. The van der Waals surface area contributed by atoms with E-state index >= 15 is 0 Å². The van der Waals surface area contributed by atoms with Crippen molar-refractivity contribution in [2.24, 2.45) is 16.9 Å². The normalized spacial score (nSPS) is 16.8. The SMILES string of the molecule is CC(C)(CC(N)CI)OCC(CI)NC(C)(C)OCCC(C)(C)C(C)(C)OCC(N)CI. The summed E-state index contributed by atoms with van der Waals surface area (Å²) < 4.78 is 21.4. The second-order valence-electron chi connectivity index (χ2n) is 10.9. The van der Waals surface area contributed by atoms with Gasteiger partial charge in [-0.25, -0.2) is 0 Å². The van der Waals surface area contributed by atoms with Gasteiger partial charge < -0.3 is 25.7 Å². The average molecular weight is 795 g/mol. The zero-order valence-corrected chi connectivity index (χ0v) is 27.9. The summed E-state index contributed by atoms with van der Waals surface area (Å²) in [6.07, 6.45) is 1.73. The highest BCUT2D eigenvalue weighted by atomic mass is 127. The molecule has 0 fully saturated rings. The number of hydrogen-bond acceptors (Lipinski definition) is 6. The Morgan fingerprint density at radius 3 is 1.81 bits per heavy atom. The molecule has 0 aromatic carbocycles. The van der Waals surface area contributed by atoms with Gasteiger partial charge in [0.05, 0.1) is 24.4 Å². The van der Waals surface area contributed by atoms with Gasteiger partial charge in [0, 0.05) is 38.0 Å². The van der Waals surface area contributed by atoms with Crippen LogP contribution in [0.1, 0.15) is 68.2 Å². The zero-order valence-electron chi connectivity index (χ0n) is 21.4. The standard InChI is InChI=1S/C23H48I3N3O3/c1-20(2,22(5,6)32-15-18(28)13-25)9-10-30-23(7,8)29-19(14-26)16-31-21(3,4)11-17(27)12-24/h17-19,29H,9-16,27-28H2,1-8H3. The Labute approximate surface area is 238 Å². The molecule has 0 aliphatic heterocycles. The van der Waals surface area contributed by atoms with Crippen molar-refractivity contribution in [3.05, 3.63) is 0 Å². The molecule has 0 amide bonds. The Bertz CT molecular complexity index is 520. The van der Waals surface area contributed by atoms with E-state index in [1.807, 2.05) is 0 Å². The predicted molar refractivity (Wildman–Crippen MR) is 163 cm³/mol. The van der Waals surface area contributed by atoms with E-state index in [4.69, 9.17) is 25.7 Å². The maximum Gasteiger partial charge on any atom is 0.113 e. The van der Waals surface area contributed by atoms with Crippen LogP contribution in [0.5, 0.6) is 0 Å². The lowest BCUT2D eigenvalue weighted by Gasteiger charge is -2.43. The van der Waals surface area contributed by atoms with Crippen LogP contribution in [-0.2, 0) is 14.2 Å². The Balaban J connectivity index is 4.68. The summed E-state index contributed by atoms with van der Waals surface area (Å²) >= 11 is 7.03. The van der Waals surface area contributed by atoms with Gasteiger partial charge in [0.15, 0.2) is 0 Å². The summed E-state index contributed by atoms with van der Waals surface area (Å²) in [6.45, 7) is 19.0. The van der Waals surface area contributed by atoms with Crippen molar-refractivity contribution in [3.8, 4) is 0 Å². The van der Waals surface area contributed by atoms with Gasteiger partial charge in [-0.1, -0.05) is 81.6 Å². The van der Waals surface area contributed by atoms with Crippen LogP contribution in [0.15, 0.2) is 0 Å². The molecular weight excluding hydrogens is 747 g/mol. The number of halogens is 3. The monoisotopic (exact) mass is 795 g/mol. The van der Waals surface area contributed by atoms with Gasteiger partial charge in [-0.3, -0.25) is 5.32 Å². The van der Waals surface area contributed by atoms with Crippen LogP contribution < -0.4 is 16.8 Å². The van der Waals surface area contributed by atoms with Crippen LogP contribution >= 0.6 is 67.8 Å². The summed E-state index contributed by atoms with van der Waals surface area (Å²) in [5.74, 6) is 0. The largest absolute Gasteiger partial charge is 0.374 e. The van der Waals surface area contributed by atoms with Crippen LogP contribution in [0.4, 0.5) is 0 Å².